The molecular formula is C27H32N2O6. The molecule has 1 saturated carbocycles. The Hall–Kier alpha value is -3.39. The zero-order valence-corrected chi connectivity index (χ0v) is 20.2. The van der Waals surface area contributed by atoms with E-state index in [1.165, 1.54) is 12.0 Å². The maximum Gasteiger partial charge on any atom is 0.407 e. The normalized spacial score (nSPS) is 16.1. The summed E-state index contributed by atoms with van der Waals surface area (Å²) in [6.07, 6.45) is 1.21. The number of rotatable bonds is 11. The van der Waals surface area contributed by atoms with Gasteiger partial charge in [-0.1, -0.05) is 48.5 Å². The van der Waals surface area contributed by atoms with Gasteiger partial charge in [-0.05, 0) is 47.9 Å². The van der Waals surface area contributed by atoms with Crippen LogP contribution in [0.2, 0.25) is 0 Å². The maximum absolute atomic E-state index is 13.0. The van der Waals surface area contributed by atoms with E-state index in [0.717, 1.165) is 35.1 Å². The number of amides is 2. The number of carboxylic acid groups (broad SMARTS) is 1. The summed E-state index contributed by atoms with van der Waals surface area (Å²) in [5.41, 5.74) is 3.75. The molecule has 2 aliphatic carbocycles. The number of benzene rings is 2. The molecule has 186 valence electrons. The molecule has 1 atom stereocenters. The van der Waals surface area contributed by atoms with Crippen LogP contribution in [0.5, 0.6) is 0 Å². The molecule has 0 bridgehead atoms. The van der Waals surface area contributed by atoms with Crippen LogP contribution in [0.3, 0.4) is 0 Å². The molecule has 2 N–H and O–H groups in total. The Balaban J connectivity index is 1.41. The van der Waals surface area contributed by atoms with Crippen molar-refractivity contribution >= 4 is 18.0 Å². The van der Waals surface area contributed by atoms with Crippen molar-refractivity contribution in [3.63, 3.8) is 0 Å². The van der Waals surface area contributed by atoms with Crippen LogP contribution < -0.4 is 5.32 Å². The number of carbonyl (C=O) groups is 3. The van der Waals surface area contributed by atoms with E-state index in [9.17, 15) is 19.5 Å². The molecule has 4 rings (SSSR count). The third-order valence-corrected chi connectivity index (χ3v) is 6.97. The van der Waals surface area contributed by atoms with Gasteiger partial charge in [0.05, 0.1) is 18.6 Å². The third-order valence-electron chi connectivity index (χ3n) is 6.97. The highest BCUT2D eigenvalue weighted by atomic mass is 16.5. The molecule has 8 nitrogen and oxygen atoms in total. The molecule has 0 aromatic heterocycles. The first-order valence-electron chi connectivity index (χ1n) is 11.9. The van der Waals surface area contributed by atoms with Gasteiger partial charge in [-0.2, -0.15) is 0 Å². The zero-order valence-electron chi connectivity index (χ0n) is 20.2. The van der Waals surface area contributed by atoms with Crippen LogP contribution in [0, 0.1) is 5.92 Å². The van der Waals surface area contributed by atoms with Gasteiger partial charge in [-0.3, -0.25) is 9.59 Å². The van der Waals surface area contributed by atoms with Crippen molar-refractivity contribution in [2.75, 3.05) is 33.4 Å². The van der Waals surface area contributed by atoms with E-state index in [4.69, 9.17) is 9.47 Å². The highest BCUT2D eigenvalue weighted by Crippen LogP contribution is 2.45. The number of nitrogens with one attached hydrogen (secondary N) is 1. The van der Waals surface area contributed by atoms with Gasteiger partial charge in [0.15, 0.2) is 0 Å². The minimum atomic E-state index is -1.09. The molecule has 8 heteroatoms. The molecule has 2 amide bonds. The smallest absolute Gasteiger partial charge is 0.407 e. The molecule has 2 aromatic rings. The lowest BCUT2D eigenvalue weighted by atomic mass is 9.91. The molecule has 2 aromatic carbocycles. The predicted octanol–water partition coefficient (Wildman–Crippen LogP) is 3.64. The van der Waals surface area contributed by atoms with E-state index >= 15 is 0 Å². The van der Waals surface area contributed by atoms with Crippen LogP contribution in [-0.2, 0) is 19.1 Å². The Kier molecular flexibility index (Phi) is 7.40. The summed E-state index contributed by atoms with van der Waals surface area (Å²) >= 11 is 0. The lowest BCUT2D eigenvalue weighted by molar-refractivity contribution is -0.145. The number of methoxy groups -OCH3 is 1. The average molecular weight is 481 g/mol. The molecule has 0 aliphatic heterocycles. The van der Waals surface area contributed by atoms with Crippen molar-refractivity contribution < 1.29 is 29.0 Å². The molecule has 35 heavy (non-hydrogen) atoms. The topological polar surface area (TPSA) is 105 Å². The molecule has 0 heterocycles. The minimum Gasteiger partial charge on any atom is -0.480 e. The van der Waals surface area contributed by atoms with Gasteiger partial charge in [0, 0.05) is 19.6 Å². The first-order valence-corrected chi connectivity index (χ1v) is 11.9. The first kappa shape index (κ1) is 24.7. The van der Waals surface area contributed by atoms with Gasteiger partial charge in [0.25, 0.3) is 0 Å². The Labute approximate surface area is 205 Å². The van der Waals surface area contributed by atoms with E-state index in [2.05, 4.69) is 29.6 Å². The highest BCUT2D eigenvalue weighted by molar-refractivity contribution is 5.83. The fraction of sp³-hybridized carbons (Fsp3) is 0.444. The van der Waals surface area contributed by atoms with E-state index < -0.39 is 24.1 Å². The van der Waals surface area contributed by atoms with Gasteiger partial charge >= 0.3 is 12.1 Å². The molecule has 2 aliphatic rings. The Morgan fingerprint density at radius 1 is 1.06 bits per heavy atom. The molecule has 0 radical (unpaired) electrons. The second-order valence-corrected chi connectivity index (χ2v) is 9.52. The van der Waals surface area contributed by atoms with Gasteiger partial charge in [0.1, 0.15) is 13.2 Å². The van der Waals surface area contributed by atoms with Crippen LogP contribution in [0.1, 0.15) is 43.2 Å². The summed E-state index contributed by atoms with van der Waals surface area (Å²) in [5, 5.41) is 12.1. The summed E-state index contributed by atoms with van der Waals surface area (Å²) < 4.78 is 10.7. The second kappa shape index (κ2) is 10.5. The lowest BCUT2D eigenvalue weighted by Crippen LogP contribution is -2.52. The zero-order chi connectivity index (χ0) is 25.0. The lowest BCUT2D eigenvalue weighted by Gasteiger charge is -2.32. The maximum atomic E-state index is 13.0. The summed E-state index contributed by atoms with van der Waals surface area (Å²) in [6, 6.07) is 16.3. The van der Waals surface area contributed by atoms with Crippen molar-refractivity contribution in [3.05, 3.63) is 59.7 Å². The van der Waals surface area contributed by atoms with Gasteiger partial charge in [-0.25, -0.2) is 4.79 Å². The van der Waals surface area contributed by atoms with Crippen LogP contribution in [0.25, 0.3) is 11.1 Å². The number of fused-ring (bicyclic) bond motifs is 3. The highest BCUT2D eigenvalue weighted by Gasteiger charge is 2.45. The van der Waals surface area contributed by atoms with Crippen molar-refractivity contribution in [1.29, 1.82) is 0 Å². The van der Waals surface area contributed by atoms with E-state index in [-0.39, 0.29) is 43.9 Å². The number of hydrogen-bond acceptors (Lipinski definition) is 5. The molecule has 0 saturated heterocycles. The van der Waals surface area contributed by atoms with Crippen LogP contribution >= 0.6 is 0 Å². The van der Waals surface area contributed by atoms with E-state index in [1.807, 2.05) is 31.2 Å². The largest absolute Gasteiger partial charge is 0.480 e. The molecule has 0 spiro atoms. The molecular weight excluding hydrogens is 448 g/mol. The monoisotopic (exact) mass is 480 g/mol. The van der Waals surface area contributed by atoms with Crippen molar-refractivity contribution in [2.45, 2.75) is 37.6 Å². The van der Waals surface area contributed by atoms with Crippen molar-refractivity contribution in [2.24, 2.45) is 5.92 Å². The van der Waals surface area contributed by atoms with Gasteiger partial charge in [-0.15, -0.1) is 0 Å². The third kappa shape index (κ3) is 5.65. The SMILES string of the molecule is COCCN(CC(=O)O)C(=O)CC(C)(NC(=O)OCC1c2ccccc2-c2ccccc21)C1CC1. The predicted molar refractivity (Wildman–Crippen MR) is 130 cm³/mol. The van der Waals surface area contributed by atoms with Crippen molar-refractivity contribution in [1.82, 2.24) is 10.2 Å². The van der Waals surface area contributed by atoms with Gasteiger partial charge in [0.2, 0.25) is 5.91 Å². The molecule has 1 fully saturated rings. The first-order chi connectivity index (χ1) is 16.8. The Morgan fingerprint density at radius 3 is 2.20 bits per heavy atom. The number of nitrogens with zero attached hydrogens (tertiary/aromatic N) is 1. The molecule has 1 unspecified atom stereocenters. The number of aliphatic carboxylic acids is 1. The number of alkyl carbamates (subject to hydrolysis) is 1. The number of ether oxygens (including phenoxy) is 2. The standard InChI is InChI=1S/C27H32N2O6/c1-27(18-11-12-18,15-24(30)29(13-14-34-2)16-25(31)32)28-26(33)35-17-23-21-9-5-3-7-19(21)20-8-4-6-10-22(20)23/h3-10,18,23H,11-17H2,1-2H3,(H,28,33)(H,31,32). The van der Waals surface area contributed by atoms with Crippen LogP contribution in [0.15, 0.2) is 48.5 Å². The van der Waals surface area contributed by atoms with Gasteiger partial charge < -0.3 is 24.8 Å². The fourth-order valence-electron chi connectivity index (χ4n) is 4.96. The Morgan fingerprint density at radius 2 is 1.66 bits per heavy atom. The average Bonchev–Trinajstić information content (AvgIpc) is 3.64. The quantitative estimate of drug-likeness (QED) is 0.509. The fourth-order valence-corrected chi connectivity index (χ4v) is 4.96. The summed E-state index contributed by atoms with van der Waals surface area (Å²) in [5.74, 6) is -1.34. The number of carbonyl (C=O) groups excluding carboxylic acids is 2. The van der Waals surface area contributed by atoms with Crippen LogP contribution in [0.4, 0.5) is 4.79 Å². The van der Waals surface area contributed by atoms with Crippen LogP contribution in [-0.4, -0.2) is 66.9 Å². The van der Waals surface area contributed by atoms with E-state index in [0.29, 0.717) is 0 Å². The minimum absolute atomic E-state index is 0.00113. The summed E-state index contributed by atoms with van der Waals surface area (Å²) in [6.45, 7) is 2.02. The summed E-state index contributed by atoms with van der Waals surface area (Å²) in [4.78, 5) is 38.4. The van der Waals surface area contributed by atoms with E-state index in [1.54, 1.807) is 0 Å². The number of carboxylic acids is 1. The second-order valence-electron chi connectivity index (χ2n) is 9.52. The number of hydrogen-bond donors (Lipinski definition) is 2. The summed E-state index contributed by atoms with van der Waals surface area (Å²) in [7, 11) is 1.50. The Bertz CT molecular complexity index is 1050. The van der Waals surface area contributed by atoms with Crippen molar-refractivity contribution in [3.8, 4) is 11.1 Å².